The number of likely N-dealkylation sites (N-methyl/N-ethyl adjacent to an activating group) is 1. The van der Waals surface area contributed by atoms with E-state index in [1.165, 1.54) is 20.0 Å². The second kappa shape index (κ2) is 12.0. The monoisotopic (exact) mass is 548 g/mol. The number of aromatic hydroxyl groups is 1. The van der Waals surface area contributed by atoms with Gasteiger partial charge in [-0.1, -0.05) is 13.8 Å². The van der Waals surface area contributed by atoms with E-state index in [0.29, 0.717) is 23.5 Å². The number of rotatable bonds is 11. The molecule has 0 saturated carbocycles. The molecule has 3 atom stereocenters. The first kappa shape index (κ1) is 29.2. The Morgan fingerprint density at radius 1 is 1.18 bits per heavy atom. The molecule has 0 radical (unpaired) electrons. The lowest BCUT2D eigenvalue weighted by molar-refractivity contribution is -0.142. The number of thioether (sulfide) groups is 1. The molecule has 11 nitrogen and oxygen atoms in total. The molecule has 0 aromatic heterocycles. The molecule has 1 aromatic rings. The molecule has 2 aliphatic rings. The summed E-state index contributed by atoms with van der Waals surface area (Å²) in [5.74, 6) is -4.42. The molecule has 206 valence electrons. The SMILES string of the molecule is CNC1=C(SC[C@@H](NC(C)=O)C(=O)O)C(=O)c2c(cc3c(c2O)[C@H](CCC(C)C)O[C@H](CC(=O)O)C3)C1=O. The van der Waals surface area contributed by atoms with E-state index in [2.05, 4.69) is 10.6 Å². The fraction of sp³-hybridized carbons (Fsp3) is 0.500. The minimum Gasteiger partial charge on any atom is -0.507 e. The summed E-state index contributed by atoms with van der Waals surface area (Å²) < 4.78 is 6.05. The quantitative estimate of drug-likeness (QED) is 0.274. The van der Waals surface area contributed by atoms with E-state index in [1.807, 2.05) is 13.8 Å². The number of phenolic OH excluding ortho intramolecular Hbond substituents is 1. The summed E-state index contributed by atoms with van der Waals surface area (Å²) in [6.45, 7) is 5.21. The van der Waals surface area contributed by atoms with Gasteiger partial charge in [-0.3, -0.25) is 19.2 Å². The summed E-state index contributed by atoms with van der Waals surface area (Å²) in [5.41, 5.74) is 0.652. The van der Waals surface area contributed by atoms with Crippen LogP contribution in [0.1, 0.15) is 78.0 Å². The number of nitrogens with one attached hydrogen (secondary N) is 2. The smallest absolute Gasteiger partial charge is 0.327 e. The number of carbonyl (C=O) groups excluding carboxylic acids is 3. The summed E-state index contributed by atoms with van der Waals surface area (Å²) in [7, 11) is 1.45. The van der Waals surface area contributed by atoms with E-state index in [9.17, 15) is 39.3 Å². The van der Waals surface area contributed by atoms with E-state index >= 15 is 0 Å². The molecular weight excluding hydrogens is 516 g/mol. The molecule has 0 fully saturated rings. The van der Waals surface area contributed by atoms with E-state index < -0.39 is 47.7 Å². The third-order valence-electron chi connectivity index (χ3n) is 6.41. The molecule has 0 spiro atoms. The Hall–Kier alpha value is -3.38. The van der Waals surface area contributed by atoms with Crippen molar-refractivity contribution in [1.29, 1.82) is 0 Å². The minimum atomic E-state index is -1.30. The molecular formula is C26H32N2O9S. The number of carboxylic acids is 2. The first-order valence-electron chi connectivity index (χ1n) is 12.3. The third kappa shape index (κ3) is 6.18. The molecule has 1 aliphatic heterocycles. The van der Waals surface area contributed by atoms with Crippen LogP contribution < -0.4 is 10.6 Å². The van der Waals surface area contributed by atoms with Crippen LogP contribution in [0, 0.1) is 5.92 Å². The number of ketones is 2. The molecule has 38 heavy (non-hydrogen) atoms. The number of phenols is 1. The molecule has 1 amide bonds. The highest BCUT2D eigenvalue weighted by atomic mass is 32.2. The van der Waals surface area contributed by atoms with Gasteiger partial charge < -0.3 is 30.7 Å². The van der Waals surface area contributed by atoms with E-state index in [1.54, 1.807) is 0 Å². The van der Waals surface area contributed by atoms with Crippen LogP contribution in [0.2, 0.25) is 0 Å². The summed E-state index contributed by atoms with van der Waals surface area (Å²) >= 11 is 0.796. The maximum absolute atomic E-state index is 13.6. The number of hydrogen-bond acceptors (Lipinski definition) is 9. The summed E-state index contributed by atoms with van der Waals surface area (Å²) in [6, 6.07) is 0.227. The molecule has 3 rings (SSSR count). The maximum atomic E-state index is 13.6. The molecule has 1 aliphatic carbocycles. The number of carboxylic acid groups (broad SMARTS) is 2. The topological polar surface area (TPSA) is 179 Å². The molecule has 0 unspecified atom stereocenters. The standard InChI is InChI=1S/C26H32N2O9S/c1-11(2)5-6-17-19-13(7-14(37-17)9-18(30)31)8-15-20(23(19)33)24(34)25(21(27-4)22(15)32)38-10-16(26(35)36)28-12(3)29/h8,11,14,16-17,27,33H,5-7,9-10H2,1-4H3,(H,28,29)(H,30,31)(H,35,36)/t14-,16+,17-/m0/s1. The summed E-state index contributed by atoms with van der Waals surface area (Å²) in [6.07, 6.45) is -0.219. The average molecular weight is 549 g/mol. The van der Waals surface area contributed by atoms with Crippen molar-refractivity contribution >= 4 is 41.2 Å². The molecule has 0 saturated heterocycles. The van der Waals surface area contributed by atoms with Crippen LogP contribution in [-0.4, -0.2) is 69.7 Å². The molecule has 0 bridgehead atoms. The number of allylic oxidation sites excluding steroid dienone is 2. The highest BCUT2D eigenvalue weighted by molar-refractivity contribution is 8.04. The van der Waals surface area contributed by atoms with Gasteiger partial charge in [0, 0.05) is 30.9 Å². The molecule has 1 heterocycles. The van der Waals surface area contributed by atoms with Crippen molar-refractivity contribution < 1.29 is 44.0 Å². The van der Waals surface area contributed by atoms with Gasteiger partial charge in [-0.2, -0.15) is 0 Å². The van der Waals surface area contributed by atoms with Gasteiger partial charge in [-0.05, 0) is 36.8 Å². The van der Waals surface area contributed by atoms with Crippen molar-refractivity contribution in [3.8, 4) is 5.75 Å². The fourth-order valence-corrected chi connectivity index (χ4v) is 5.83. The normalized spacial score (nSPS) is 19.6. The second-order valence-corrected chi connectivity index (χ2v) is 10.8. The largest absolute Gasteiger partial charge is 0.507 e. The highest BCUT2D eigenvalue weighted by Gasteiger charge is 2.40. The van der Waals surface area contributed by atoms with Crippen molar-refractivity contribution in [2.75, 3.05) is 12.8 Å². The van der Waals surface area contributed by atoms with Crippen LogP contribution in [0.4, 0.5) is 0 Å². The van der Waals surface area contributed by atoms with E-state index in [4.69, 9.17) is 4.74 Å². The third-order valence-corrected chi connectivity index (χ3v) is 7.59. The Labute approximate surface area is 224 Å². The molecule has 5 N–H and O–H groups in total. The van der Waals surface area contributed by atoms with E-state index in [-0.39, 0.29) is 46.1 Å². The number of hydrogen-bond donors (Lipinski definition) is 5. The van der Waals surface area contributed by atoms with Gasteiger partial charge in [0.15, 0.2) is 0 Å². The molecule has 12 heteroatoms. The lowest BCUT2D eigenvalue weighted by Gasteiger charge is -2.34. The van der Waals surface area contributed by atoms with Crippen LogP contribution in [0.15, 0.2) is 16.7 Å². The Kier molecular flexibility index (Phi) is 9.21. The zero-order valence-corrected chi connectivity index (χ0v) is 22.4. The van der Waals surface area contributed by atoms with Crippen LogP contribution in [0.3, 0.4) is 0 Å². The second-order valence-electron chi connectivity index (χ2n) is 9.76. The van der Waals surface area contributed by atoms with Gasteiger partial charge in [-0.15, -0.1) is 11.8 Å². The first-order valence-corrected chi connectivity index (χ1v) is 13.2. The molecule has 1 aromatic carbocycles. The fourth-order valence-electron chi connectivity index (χ4n) is 4.70. The van der Waals surface area contributed by atoms with Gasteiger partial charge in [0.25, 0.3) is 0 Å². The van der Waals surface area contributed by atoms with Crippen molar-refractivity contribution in [3.63, 3.8) is 0 Å². The van der Waals surface area contributed by atoms with Gasteiger partial charge in [0.2, 0.25) is 17.5 Å². The Balaban J connectivity index is 2.06. The Morgan fingerprint density at radius 3 is 2.42 bits per heavy atom. The summed E-state index contributed by atoms with van der Waals surface area (Å²) in [4.78, 5) is 61.3. The van der Waals surface area contributed by atoms with Gasteiger partial charge >= 0.3 is 11.9 Å². The van der Waals surface area contributed by atoms with Crippen molar-refractivity contribution in [3.05, 3.63) is 38.9 Å². The van der Waals surface area contributed by atoms with Gasteiger partial charge in [-0.25, -0.2) is 4.79 Å². The predicted molar refractivity (Wildman–Crippen MR) is 138 cm³/mol. The number of carbonyl (C=O) groups is 5. The number of ether oxygens (including phenoxy) is 1. The zero-order valence-electron chi connectivity index (χ0n) is 21.6. The van der Waals surface area contributed by atoms with Crippen molar-refractivity contribution in [1.82, 2.24) is 10.6 Å². The number of fused-ring (bicyclic) bond motifs is 2. The van der Waals surface area contributed by atoms with Crippen LogP contribution in [0.25, 0.3) is 0 Å². The first-order chi connectivity index (χ1) is 17.8. The lowest BCUT2D eigenvalue weighted by atomic mass is 9.82. The Bertz CT molecular complexity index is 1210. The highest BCUT2D eigenvalue weighted by Crippen LogP contribution is 2.46. The number of amides is 1. The summed E-state index contributed by atoms with van der Waals surface area (Å²) in [5, 5.41) is 35.1. The van der Waals surface area contributed by atoms with Gasteiger partial charge in [0.05, 0.1) is 29.1 Å². The van der Waals surface area contributed by atoms with Crippen molar-refractivity contribution in [2.45, 2.75) is 64.7 Å². The lowest BCUT2D eigenvalue weighted by Crippen LogP contribution is -2.41. The van der Waals surface area contributed by atoms with Crippen molar-refractivity contribution in [2.24, 2.45) is 5.92 Å². The van der Waals surface area contributed by atoms with Crippen LogP contribution >= 0.6 is 11.8 Å². The number of benzene rings is 1. The minimum absolute atomic E-state index is 0.0184. The predicted octanol–water partition coefficient (Wildman–Crippen LogP) is 2.42. The zero-order chi connectivity index (χ0) is 28.3. The van der Waals surface area contributed by atoms with E-state index in [0.717, 1.165) is 18.2 Å². The number of Topliss-reactive ketones (excluding diaryl/α,β-unsaturated/α-hetero) is 2. The van der Waals surface area contributed by atoms with Crippen LogP contribution in [0.5, 0.6) is 5.75 Å². The average Bonchev–Trinajstić information content (AvgIpc) is 2.81. The van der Waals surface area contributed by atoms with Crippen LogP contribution in [-0.2, 0) is 25.5 Å². The van der Waals surface area contributed by atoms with Gasteiger partial charge in [0.1, 0.15) is 17.5 Å². The maximum Gasteiger partial charge on any atom is 0.327 e. The Morgan fingerprint density at radius 2 is 1.87 bits per heavy atom. The number of aliphatic carboxylic acids is 2.